The zero-order valence-electron chi connectivity index (χ0n) is 12.0. The first-order chi connectivity index (χ1) is 9.61. The van der Waals surface area contributed by atoms with Gasteiger partial charge in [0, 0.05) is 6.04 Å². The first-order valence-corrected chi connectivity index (χ1v) is 6.88. The van der Waals surface area contributed by atoms with Crippen LogP contribution in [0, 0.1) is 19.7 Å². The number of aryl methyl sites for hydroxylation is 3. The highest BCUT2D eigenvalue weighted by Gasteiger charge is 2.13. The summed E-state index contributed by atoms with van der Waals surface area (Å²) in [5.41, 5.74) is 7.45. The van der Waals surface area contributed by atoms with Crippen molar-refractivity contribution in [2.75, 3.05) is 0 Å². The van der Waals surface area contributed by atoms with Gasteiger partial charge in [-0.15, -0.1) is 0 Å². The molecule has 0 fully saturated rings. The van der Waals surface area contributed by atoms with Crippen LogP contribution in [0.5, 0.6) is 0 Å². The van der Waals surface area contributed by atoms with E-state index in [0.717, 1.165) is 24.0 Å². The molecule has 2 nitrogen and oxygen atoms in total. The Morgan fingerprint density at radius 2 is 1.85 bits per heavy atom. The van der Waals surface area contributed by atoms with Gasteiger partial charge in [-0.05, 0) is 61.1 Å². The Morgan fingerprint density at radius 3 is 2.50 bits per heavy atom. The van der Waals surface area contributed by atoms with Crippen molar-refractivity contribution in [3.05, 3.63) is 70.5 Å². The van der Waals surface area contributed by atoms with Crippen LogP contribution in [0.25, 0.3) is 0 Å². The molecule has 0 radical (unpaired) electrons. The van der Waals surface area contributed by atoms with E-state index in [4.69, 9.17) is 5.84 Å². The summed E-state index contributed by atoms with van der Waals surface area (Å²) in [6.45, 7) is 4.03. The van der Waals surface area contributed by atoms with Crippen molar-refractivity contribution < 1.29 is 4.39 Å². The fourth-order valence-corrected chi connectivity index (χ4v) is 2.55. The summed E-state index contributed by atoms with van der Waals surface area (Å²) in [4.78, 5) is 0. The van der Waals surface area contributed by atoms with Gasteiger partial charge in [0.1, 0.15) is 5.82 Å². The van der Waals surface area contributed by atoms with E-state index in [0.29, 0.717) is 0 Å². The van der Waals surface area contributed by atoms with E-state index < -0.39 is 0 Å². The minimum Gasteiger partial charge on any atom is -0.271 e. The normalized spacial score (nSPS) is 12.4. The molecule has 0 aromatic heterocycles. The number of rotatable bonds is 5. The second kappa shape index (κ2) is 6.64. The van der Waals surface area contributed by atoms with Gasteiger partial charge in [0.05, 0.1) is 0 Å². The molecule has 0 bridgehead atoms. The molecule has 20 heavy (non-hydrogen) atoms. The summed E-state index contributed by atoms with van der Waals surface area (Å²) in [6, 6.07) is 13.2. The van der Waals surface area contributed by atoms with Crippen LogP contribution in [0.3, 0.4) is 0 Å². The maximum absolute atomic E-state index is 13.2. The highest BCUT2D eigenvalue weighted by Crippen LogP contribution is 2.23. The van der Waals surface area contributed by atoms with Crippen LogP contribution in [0.2, 0.25) is 0 Å². The van der Waals surface area contributed by atoms with Gasteiger partial charge in [0.2, 0.25) is 0 Å². The van der Waals surface area contributed by atoms with Gasteiger partial charge in [0.15, 0.2) is 0 Å². The van der Waals surface area contributed by atoms with E-state index in [9.17, 15) is 4.39 Å². The van der Waals surface area contributed by atoms with E-state index in [1.807, 2.05) is 19.1 Å². The fourth-order valence-electron chi connectivity index (χ4n) is 2.55. The number of hydrogen-bond donors (Lipinski definition) is 2. The molecule has 0 heterocycles. The highest BCUT2D eigenvalue weighted by atomic mass is 19.1. The lowest BCUT2D eigenvalue weighted by Crippen LogP contribution is -2.29. The molecule has 106 valence electrons. The third-order valence-electron chi connectivity index (χ3n) is 3.77. The van der Waals surface area contributed by atoms with Crippen molar-refractivity contribution in [1.29, 1.82) is 0 Å². The third-order valence-corrected chi connectivity index (χ3v) is 3.77. The van der Waals surface area contributed by atoms with Crippen molar-refractivity contribution in [2.24, 2.45) is 5.84 Å². The maximum Gasteiger partial charge on any atom is 0.123 e. The molecule has 1 atom stereocenters. The summed E-state index contributed by atoms with van der Waals surface area (Å²) < 4.78 is 13.2. The average Bonchev–Trinajstić information content (AvgIpc) is 2.43. The number of halogens is 1. The van der Waals surface area contributed by atoms with Crippen molar-refractivity contribution >= 4 is 0 Å². The Morgan fingerprint density at radius 1 is 1.10 bits per heavy atom. The summed E-state index contributed by atoms with van der Waals surface area (Å²) >= 11 is 0. The number of benzene rings is 2. The Kier molecular flexibility index (Phi) is 4.88. The molecule has 2 aromatic rings. The van der Waals surface area contributed by atoms with Crippen LogP contribution in [0.1, 0.15) is 34.7 Å². The topological polar surface area (TPSA) is 38.0 Å². The van der Waals surface area contributed by atoms with E-state index in [-0.39, 0.29) is 11.9 Å². The van der Waals surface area contributed by atoms with Crippen LogP contribution >= 0.6 is 0 Å². The molecule has 3 N–H and O–H groups in total. The second-order valence-corrected chi connectivity index (χ2v) is 5.19. The number of hydrogen-bond acceptors (Lipinski definition) is 2. The second-order valence-electron chi connectivity index (χ2n) is 5.19. The predicted molar refractivity (Wildman–Crippen MR) is 80.7 cm³/mol. The Bertz CT molecular complexity index is 581. The van der Waals surface area contributed by atoms with Crippen LogP contribution in [-0.4, -0.2) is 0 Å². The van der Waals surface area contributed by atoms with E-state index in [1.54, 1.807) is 6.07 Å². The SMILES string of the molecule is Cc1ccccc1CCC(NN)c1ccc(F)cc1C. The largest absolute Gasteiger partial charge is 0.271 e. The van der Waals surface area contributed by atoms with Crippen LogP contribution in [-0.2, 0) is 6.42 Å². The first kappa shape index (κ1) is 14.7. The maximum atomic E-state index is 13.2. The minimum absolute atomic E-state index is 0.0372. The zero-order chi connectivity index (χ0) is 14.5. The number of nitrogens with one attached hydrogen (secondary N) is 1. The van der Waals surface area contributed by atoms with Gasteiger partial charge >= 0.3 is 0 Å². The molecule has 2 aromatic carbocycles. The number of hydrazine groups is 1. The molecule has 0 spiro atoms. The van der Waals surface area contributed by atoms with Crippen LogP contribution < -0.4 is 11.3 Å². The van der Waals surface area contributed by atoms with Gasteiger partial charge in [-0.3, -0.25) is 11.3 Å². The lowest BCUT2D eigenvalue weighted by atomic mass is 9.94. The number of nitrogens with two attached hydrogens (primary N) is 1. The molecule has 2 rings (SSSR count). The summed E-state index contributed by atoms with van der Waals surface area (Å²) in [5.74, 6) is 5.46. The first-order valence-electron chi connectivity index (χ1n) is 6.88. The standard InChI is InChI=1S/C17H21FN2/c1-12-5-3-4-6-14(12)7-10-17(20-19)16-9-8-15(18)11-13(16)2/h3-6,8-9,11,17,20H,7,10,19H2,1-2H3. The lowest BCUT2D eigenvalue weighted by molar-refractivity contribution is 0.512. The third kappa shape index (κ3) is 3.44. The van der Waals surface area contributed by atoms with Crippen LogP contribution in [0.15, 0.2) is 42.5 Å². The Labute approximate surface area is 119 Å². The van der Waals surface area contributed by atoms with E-state index in [2.05, 4.69) is 30.5 Å². The monoisotopic (exact) mass is 272 g/mol. The van der Waals surface area contributed by atoms with E-state index >= 15 is 0 Å². The smallest absolute Gasteiger partial charge is 0.123 e. The molecular weight excluding hydrogens is 251 g/mol. The zero-order valence-corrected chi connectivity index (χ0v) is 12.0. The Hall–Kier alpha value is -1.71. The fraction of sp³-hybridized carbons (Fsp3) is 0.294. The van der Waals surface area contributed by atoms with Crippen molar-refractivity contribution in [3.63, 3.8) is 0 Å². The minimum atomic E-state index is -0.207. The molecule has 0 aliphatic carbocycles. The van der Waals surface area contributed by atoms with E-state index in [1.165, 1.54) is 17.2 Å². The molecule has 1 unspecified atom stereocenters. The highest BCUT2D eigenvalue weighted by molar-refractivity contribution is 5.30. The van der Waals surface area contributed by atoms with Gasteiger partial charge in [-0.25, -0.2) is 4.39 Å². The molecule has 0 aliphatic heterocycles. The van der Waals surface area contributed by atoms with Crippen LogP contribution in [0.4, 0.5) is 4.39 Å². The molecule has 0 aliphatic rings. The van der Waals surface area contributed by atoms with Gasteiger partial charge in [-0.2, -0.15) is 0 Å². The van der Waals surface area contributed by atoms with Crippen molar-refractivity contribution in [3.8, 4) is 0 Å². The predicted octanol–water partition coefficient (Wildman–Crippen LogP) is 3.58. The Balaban J connectivity index is 2.11. The molecule has 0 saturated carbocycles. The summed E-state index contributed by atoms with van der Waals surface area (Å²) in [7, 11) is 0. The summed E-state index contributed by atoms with van der Waals surface area (Å²) in [6.07, 6.45) is 1.83. The molecule has 0 saturated heterocycles. The van der Waals surface area contributed by atoms with Gasteiger partial charge < -0.3 is 0 Å². The average molecular weight is 272 g/mol. The van der Waals surface area contributed by atoms with Gasteiger partial charge in [0.25, 0.3) is 0 Å². The molecule has 3 heteroatoms. The molecular formula is C17H21FN2. The van der Waals surface area contributed by atoms with Crippen molar-refractivity contribution in [1.82, 2.24) is 5.43 Å². The lowest BCUT2D eigenvalue weighted by Gasteiger charge is -2.19. The quantitative estimate of drug-likeness (QED) is 0.645. The van der Waals surface area contributed by atoms with Gasteiger partial charge in [-0.1, -0.05) is 30.3 Å². The van der Waals surface area contributed by atoms with Crippen molar-refractivity contribution in [2.45, 2.75) is 32.7 Å². The summed E-state index contributed by atoms with van der Waals surface area (Å²) in [5, 5.41) is 0. The molecule has 0 amide bonds.